The fourth-order valence-electron chi connectivity index (χ4n) is 4.51. The van der Waals surface area contributed by atoms with Crippen LogP contribution in [0.15, 0.2) is 42.5 Å². The average Bonchev–Trinajstić information content (AvgIpc) is 2.71. The molecule has 29 heavy (non-hydrogen) atoms. The maximum Gasteiger partial charge on any atom is 0.254 e. The van der Waals surface area contributed by atoms with Gasteiger partial charge in [-0.15, -0.1) is 0 Å². The van der Waals surface area contributed by atoms with Gasteiger partial charge in [0.1, 0.15) is 0 Å². The topological polar surface area (TPSA) is 75.4 Å². The van der Waals surface area contributed by atoms with Crippen molar-refractivity contribution in [1.29, 1.82) is 0 Å². The zero-order valence-corrected chi connectivity index (χ0v) is 17.4. The summed E-state index contributed by atoms with van der Waals surface area (Å²) in [4.78, 5) is 27.9. The summed E-state index contributed by atoms with van der Waals surface area (Å²) >= 11 is 12.6. The average molecular weight is 432 g/mol. The van der Waals surface area contributed by atoms with E-state index in [2.05, 4.69) is 5.32 Å². The number of amides is 2. The second kappa shape index (κ2) is 8.34. The van der Waals surface area contributed by atoms with Crippen LogP contribution in [-0.2, 0) is 4.79 Å². The summed E-state index contributed by atoms with van der Waals surface area (Å²) in [7, 11) is 0. The van der Waals surface area contributed by atoms with Crippen LogP contribution >= 0.6 is 23.2 Å². The molecule has 0 aromatic heterocycles. The van der Waals surface area contributed by atoms with Crippen LogP contribution in [0.4, 0.5) is 0 Å². The van der Waals surface area contributed by atoms with Gasteiger partial charge >= 0.3 is 0 Å². The van der Waals surface area contributed by atoms with Crippen LogP contribution in [0.1, 0.15) is 52.7 Å². The number of piperidine rings is 1. The number of carbonyl (C=O) groups is 2. The van der Waals surface area contributed by atoms with Crippen LogP contribution in [-0.4, -0.2) is 35.8 Å². The summed E-state index contributed by atoms with van der Waals surface area (Å²) in [5.74, 6) is -1.28. The van der Waals surface area contributed by atoms with Gasteiger partial charge in [-0.05, 0) is 48.7 Å². The highest BCUT2D eigenvalue weighted by Gasteiger charge is 2.44. The maximum absolute atomic E-state index is 13.5. The molecule has 3 atom stereocenters. The Labute approximate surface area is 180 Å². The van der Waals surface area contributed by atoms with Crippen molar-refractivity contribution in [2.24, 2.45) is 5.73 Å². The van der Waals surface area contributed by atoms with E-state index in [1.165, 1.54) is 0 Å². The zero-order chi connectivity index (χ0) is 20.5. The molecule has 1 saturated heterocycles. The Hall–Kier alpha value is -2.08. The molecule has 0 saturated carbocycles. The molecule has 2 aromatic carbocycles. The van der Waals surface area contributed by atoms with E-state index in [1.54, 1.807) is 41.3 Å². The molecular weight excluding hydrogens is 409 g/mol. The third-order valence-electron chi connectivity index (χ3n) is 5.86. The number of nitrogens with zero attached hydrogens (tertiary/aromatic N) is 1. The monoisotopic (exact) mass is 431 g/mol. The summed E-state index contributed by atoms with van der Waals surface area (Å²) < 4.78 is 0. The molecule has 3 unspecified atom stereocenters. The minimum absolute atomic E-state index is 0.110. The molecule has 7 heteroatoms. The molecule has 2 heterocycles. The van der Waals surface area contributed by atoms with Crippen molar-refractivity contribution in [3.05, 3.63) is 69.2 Å². The standard InChI is InChI=1S/C22H23Cl2N3O2/c23-13-8-9-17(18(24)11-13)20-19(21(25)28)15-6-1-2-7-16(15)22(29)27(20)12-14-5-3-4-10-26-14/h1-2,6-9,11,14,19-20,26H,3-5,10,12H2,(H2,25,28). The highest BCUT2D eigenvalue weighted by atomic mass is 35.5. The molecule has 2 aromatic rings. The fraction of sp³-hybridized carbons (Fsp3) is 0.364. The van der Waals surface area contributed by atoms with Crippen molar-refractivity contribution in [2.75, 3.05) is 13.1 Å². The number of primary amides is 1. The number of benzene rings is 2. The molecule has 0 bridgehead atoms. The molecule has 2 amide bonds. The van der Waals surface area contributed by atoms with E-state index in [9.17, 15) is 9.59 Å². The quantitative estimate of drug-likeness (QED) is 0.770. The summed E-state index contributed by atoms with van der Waals surface area (Å²) in [5, 5.41) is 4.40. The molecule has 0 radical (unpaired) electrons. The van der Waals surface area contributed by atoms with Gasteiger partial charge in [-0.2, -0.15) is 0 Å². The van der Waals surface area contributed by atoms with Crippen molar-refractivity contribution in [3.63, 3.8) is 0 Å². The van der Waals surface area contributed by atoms with E-state index >= 15 is 0 Å². The molecule has 1 fully saturated rings. The second-order valence-corrected chi connectivity index (χ2v) is 8.53. The fourth-order valence-corrected chi connectivity index (χ4v) is 5.03. The largest absolute Gasteiger partial charge is 0.369 e. The second-order valence-electron chi connectivity index (χ2n) is 7.68. The van der Waals surface area contributed by atoms with Crippen LogP contribution < -0.4 is 11.1 Å². The number of nitrogens with one attached hydrogen (secondary N) is 1. The Morgan fingerprint density at radius 1 is 1.14 bits per heavy atom. The predicted molar refractivity (Wildman–Crippen MR) is 114 cm³/mol. The Morgan fingerprint density at radius 2 is 1.93 bits per heavy atom. The van der Waals surface area contributed by atoms with Crippen molar-refractivity contribution in [3.8, 4) is 0 Å². The molecule has 4 rings (SSSR count). The maximum atomic E-state index is 13.5. The highest BCUT2D eigenvalue weighted by molar-refractivity contribution is 6.35. The number of carbonyl (C=O) groups excluding carboxylic acids is 2. The minimum atomic E-state index is -0.689. The summed E-state index contributed by atoms with van der Waals surface area (Å²) in [6.45, 7) is 1.41. The molecule has 2 aliphatic heterocycles. The third kappa shape index (κ3) is 3.87. The van der Waals surface area contributed by atoms with Crippen LogP contribution in [0, 0.1) is 0 Å². The third-order valence-corrected chi connectivity index (χ3v) is 6.42. The summed E-state index contributed by atoms with van der Waals surface area (Å²) in [6, 6.07) is 11.9. The van der Waals surface area contributed by atoms with Crippen molar-refractivity contribution in [2.45, 2.75) is 37.3 Å². The first-order valence-corrected chi connectivity index (χ1v) is 10.6. The van der Waals surface area contributed by atoms with Gasteiger partial charge in [0.25, 0.3) is 5.91 Å². The number of fused-ring (bicyclic) bond motifs is 1. The minimum Gasteiger partial charge on any atom is -0.369 e. The van der Waals surface area contributed by atoms with E-state index in [0.717, 1.165) is 25.8 Å². The number of halogens is 2. The Morgan fingerprint density at radius 3 is 2.62 bits per heavy atom. The normalized spacial score (nSPS) is 24.3. The molecule has 5 nitrogen and oxygen atoms in total. The van der Waals surface area contributed by atoms with Gasteiger partial charge in [0.2, 0.25) is 5.91 Å². The van der Waals surface area contributed by atoms with Crippen LogP contribution in [0.25, 0.3) is 0 Å². The van der Waals surface area contributed by atoms with E-state index < -0.39 is 17.9 Å². The molecule has 3 N–H and O–H groups in total. The van der Waals surface area contributed by atoms with Gasteiger partial charge in [0.05, 0.1) is 12.0 Å². The first-order valence-electron chi connectivity index (χ1n) is 9.85. The van der Waals surface area contributed by atoms with E-state index in [4.69, 9.17) is 28.9 Å². The zero-order valence-electron chi connectivity index (χ0n) is 15.9. The molecule has 0 spiro atoms. The SMILES string of the molecule is NC(=O)C1c2ccccc2C(=O)N(CC2CCCCN2)C1c1ccc(Cl)cc1Cl. The van der Waals surface area contributed by atoms with Gasteiger partial charge in [-0.1, -0.05) is 53.9 Å². The lowest BCUT2D eigenvalue weighted by molar-refractivity contribution is -0.121. The van der Waals surface area contributed by atoms with Gasteiger partial charge < -0.3 is 16.0 Å². The number of rotatable bonds is 4. The van der Waals surface area contributed by atoms with Gasteiger partial charge in [-0.25, -0.2) is 0 Å². The van der Waals surface area contributed by atoms with Crippen LogP contribution in [0.3, 0.4) is 0 Å². The van der Waals surface area contributed by atoms with Crippen molar-refractivity contribution >= 4 is 35.0 Å². The number of hydrogen-bond donors (Lipinski definition) is 2. The lowest BCUT2D eigenvalue weighted by Crippen LogP contribution is -2.52. The molecule has 152 valence electrons. The lowest BCUT2D eigenvalue weighted by Gasteiger charge is -2.43. The van der Waals surface area contributed by atoms with Crippen LogP contribution in [0.2, 0.25) is 10.0 Å². The van der Waals surface area contributed by atoms with Crippen LogP contribution in [0.5, 0.6) is 0 Å². The van der Waals surface area contributed by atoms with Crippen molar-refractivity contribution in [1.82, 2.24) is 10.2 Å². The Bertz CT molecular complexity index is 943. The van der Waals surface area contributed by atoms with Crippen molar-refractivity contribution < 1.29 is 9.59 Å². The molecular formula is C22H23Cl2N3O2. The number of hydrogen-bond acceptors (Lipinski definition) is 3. The predicted octanol–water partition coefficient (Wildman–Crippen LogP) is 3.90. The lowest BCUT2D eigenvalue weighted by atomic mass is 9.79. The first-order chi connectivity index (χ1) is 14.0. The Balaban J connectivity index is 1.85. The smallest absolute Gasteiger partial charge is 0.254 e. The van der Waals surface area contributed by atoms with Gasteiger partial charge in [0.15, 0.2) is 0 Å². The summed E-state index contributed by atoms with van der Waals surface area (Å²) in [6.07, 6.45) is 3.22. The summed E-state index contributed by atoms with van der Waals surface area (Å²) in [5.41, 5.74) is 7.72. The van der Waals surface area contributed by atoms with Gasteiger partial charge in [0, 0.05) is 28.2 Å². The highest BCUT2D eigenvalue weighted by Crippen LogP contribution is 2.45. The van der Waals surface area contributed by atoms with E-state index in [0.29, 0.717) is 33.3 Å². The van der Waals surface area contributed by atoms with E-state index in [1.807, 2.05) is 6.07 Å². The Kier molecular flexibility index (Phi) is 5.81. The van der Waals surface area contributed by atoms with E-state index in [-0.39, 0.29) is 11.9 Å². The van der Waals surface area contributed by atoms with Gasteiger partial charge in [-0.3, -0.25) is 9.59 Å². The molecule has 0 aliphatic carbocycles. The molecule has 2 aliphatic rings. The first kappa shape index (κ1) is 20.2. The number of nitrogens with two attached hydrogens (primary N) is 1.